The zero-order chi connectivity index (χ0) is 19.0. The van der Waals surface area contributed by atoms with Crippen molar-refractivity contribution in [3.8, 4) is 0 Å². The molecule has 1 aliphatic heterocycles. The summed E-state index contributed by atoms with van der Waals surface area (Å²) in [5.74, 6) is 0.344. The molecular formula is C17H20N6O3S. The predicted molar refractivity (Wildman–Crippen MR) is 104 cm³/mol. The van der Waals surface area contributed by atoms with Gasteiger partial charge in [0.2, 0.25) is 5.13 Å². The first-order valence-corrected chi connectivity index (χ1v) is 9.49. The van der Waals surface area contributed by atoms with Crippen LogP contribution in [0.5, 0.6) is 0 Å². The van der Waals surface area contributed by atoms with E-state index in [1.807, 2.05) is 0 Å². The minimum absolute atomic E-state index is 0.110. The normalized spacial score (nSPS) is 15.2. The van der Waals surface area contributed by atoms with Crippen LogP contribution in [-0.4, -0.2) is 38.6 Å². The molecule has 10 heteroatoms. The van der Waals surface area contributed by atoms with Gasteiger partial charge in [-0.3, -0.25) is 14.5 Å². The van der Waals surface area contributed by atoms with E-state index in [9.17, 15) is 9.59 Å². The van der Waals surface area contributed by atoms with E-state index in [1.54, 1.807) is 41.4 Å². The number of anilines is 2. The molecule has 2 N–H and O–H groups in total. The summed E-state index contributed by atoms with van der Waals surface area (Å²) in [5.41, 5.74) is 2.04. The van der Waals surface area contributed by atoms with Gasteiger partial charge in [0.05, 0.1) is 11.0 Å². The standard InChI is InChI=1S/C17H20N6O3S/c1-22-12-4-3-11(9-13(12)23(2)17(22)25)18-15(24)19-16-21-20-14(27-16)10-5-7-26-8-6-10/h3-4,9-10H,5-8H2,1-2H3,(H2,18,19,21,24). The van der Waals surface area contributed by atoms with E-state index in [0.29, 0.717) is 16.7 Å². The van der Waals surface area contributed by atoms with Crippen molar-refractivity contribution in [1.82, 2.24) is 19.3 Å². The average molecular weight is 388 g/mol. The lowest BCUT2D eigenvalue weighted by Crippen LogP contribution is -2.19. The summed E-state index contributed by atoms with van der Waals surface area (Å²) in [4.78, 5) is 24.3. The lowest BCUT2D eigenvalue weighted by molar-refractivity contribution is 0.0851. The number of ether oxygens (including phenoxy) is 1. The Morgan fingerprint density at radius 2 is 1.89 bits per heavy atom. The average Bonchev–Trinajstić information content (AvgIpc) is 3.22. The number of benzene rings is 1. The van der Waals surface area contributed by atoms with E-state index in [1.165, 1.54) is 11.3 Å². The smallest absolute Gasteiger partial charge is 0.328 e. The molecule has 1 aromatic carbocycles. The molecule has 27 heavy (non-hydrogen) atoms. The summed E-state index contributed by atoms with van der Waals surface area (Å²) < 4.78 is 8.47. The van der Waals surface area contributed by atoms with Gasteiger partial charge in [-0.1, -0.05) is 11.3 Å². The van der Waals surface area contributed by atoms with Crippen LogP contribution < -0.4 is 16.3 Å². The maximum Gasteiger partial charge on any atom is 0.328 e. The van der Waals surface area contributed by atoms with Crippen LogP contribution in [0.15, 0.2) is 23.0 Å². The van der Waals surface area contributed by atoms with Crippen molar-refractivity contribution in [2.24, 2.45) is 14.1 Å². The van der Waals surface area contributed by atoms with Crippen LogP contribution in [0.2, 0.25) is 0 Å². The molecule has 3 heterocycles. The minimum atomic E-state index is -0.398. The Bertz CT molecular complexity index is 1050. The van der Waals surface area contributed by atoms with Gasteiger partial charge in [-0.2, -0.15) is 0 Å². The third-order valence-corrected chi connectivity index (χ3v) is 5.76. The number of fused-ring (bicyclic) bond motifs is 1. The van der Waals surface area contributed by atoms with Gasteiger partial charge in [-0.15, -0.1) is 10.2 Å². The van der Waals surface area contributed by atoms with Crippen molar-refractivity contribution in [1.29, 1.82) is 0 Å². The molecule has 1 saturated heterocycles. The highest BCUT2D eigenvalue weighted by atomic mass is 32.1. The number of nitrogens with one attached hydrogen (secondary N) is 2. The molecule has 2 amide bonds. The number of hydrogen-bond donors (Lipinski definition) is 2. The van der Waals surface area contributed by atoms with Crippen LogP contribution >= 0.6 is 11.3 Å². The van der Waals surface area contributed by atoms with Crippen molar-refractivity contribution in [2.45, 2.75) is 18.8 Å². The molecule has 1 aliphatic rings. The van der Waals surface area contributed by atoms with Gasteiger partial charge in [-0.25, -0.2) is 9.59 Å². The Balaban J connectivity index is 1.45. The lowest BCUT2D eigenvalue weighted by atomic mass is 10.0. The van der Waals surface area contributed by atoms with Crippen molar-refractivity contribution < 1.29 is 9.53 Å². The zero-order valence-corrected chi connectivity index (χ0v) is 15.9. The summed E-state index contributed by atoms with van der Waals surface area (Å²) >= 11 is 1.39. The van der Waals surface area contributed by atoms with Crippen LogP contribution in [-0.2, 0) is 18.8 Å². The van der Waals surface area contributed by atoms with E-state index in [2.05, 4.69) is 20.8 Å². The Morgan fingerprint density at radius 1 is 1.15 bits per heavy atom. The highest BCUT2D eigenvalue weighted by Crippen LogP contribution is 2.30. The topological polar surface area (TPSA) is 103 Å². The number of hydrogen-bond acceptors (Lipinski definition) is 6. The van der Waals surface area contributed by atoms with Gasteiger partial charge < -0.3 is 10.1 Å². The first-order valence-electron chi connectivity index (χ1n) is 8.67. The number of carbonyl (C=O) groups excluding carboxylic acids is 1. The second-order valence-electron chi connectivity index (χ2n) is 6.52. The molecular weight excluding hydrogens is 368 g/mol. The van der Waals surface area contributed by atoms with Crippen molar-refractivity contribution in [3.05, 3.63) is 33.7 Å². The maximum atomic E-state index is 12.3. The largest absolute Gasteiger partial charge is 0.381 e. The minimum Gasteiger partial charge on any atom is -0.381 e. The molecule has 0 atom stereocenters. The summed E-state index contributed by atoms with van der Waals surface area (Å²) in [6, 6.07) is 4.93. The highest BCUT2D eigenvalue weighted by molar-refractivity contribution is 7.15. The molecule has 0 saturated carbocycles. The van der Waals surface area contributed by atoms with E-state index < -0.39 is 6.03 Å². The summed E-state index contributed by atoms with van der Waals surface area (Å²) in [5, 5.41) is 15.1. The van der Waals surface area contributed by atoms with Crippen LogP contribution in [0.4, 0.5) is 15.6 Å². The fourth-order valence-electron chi connectivity index (χ4n) is 3.24. The number of amides is 2. The Morgan fingerprint density at radius 3 is 2.67 bits per heavy atom. The first kappa shape index (κ1) is 17.7. The van der Waals surface area contributed by atoms with Gasteiger partial charge in [0.25, 0.3) is 0 Å². The van der Waals surface area contributed by atoms with Crippen molar-refractivity contribution in [3.63, 3.8) is 0 Å². The predicted octanol–water partition coefficient (Wildman–Crippen LogP) is 2.27. The molecule has 9 nitrogen and oxygen atoms in total. The van der Waals surface area contributed by atoms with Gasteiger partial charge in [0.15, 0.2) is 0 Å². The van der Waals surface area contributed by atoms with Gasteiger partial charge in [-0.05, 0) is 31.0 Å². The molecule has 2 aromatic heterocycles. The monoisotopic (exact) mass is 388 g/mol. The Kier molecular flexibility index (Phi) is 4.66. The number of urea groups is 1. The SMILES string of the molecule is Cn1c(=O)n(C)c2cc(NC(=O)Nc3nnc(C4CCOCC4)s3)ccc21. The Labute approximate surface area is 159 Å². The second kappa shape index (κ2) is 7.12. The zero-order valence-electron chi connectivity index (χ0n) is 15.1. The van der Waals surface area contributed by atoms with Gasteiger partial charge >= 0.3 is 11.7 Å². The molecule has 0 spiro atoms. The first-order chi connectivity index (χ1) is 13.0. The van der Waals surface area contributed by atoms with Crippen LogP contribution in [0.25, 0.3) is 11.0 Å². The molecule has 0 radical (unpaired) electrons. The molecule has 4 rings (SSSR count). The highest BCUT2D eigenvalue weighted by Gasteiger charge is 2.20. The molecule has 1 fully saturated rings. The quantitative estimate of drug-likeness (QED) is 0.716. The summed E-state index contributed by atoms with van der Waals surface area (Å²) in [6.45, 7) is 1.47. The van der Waals surface area contributed by atoms with Crippen molar-refractivity contribution >= 4 is 39.2 Å². The Hall–Kier alpha value is -2.72. The number of carbonyl (C=O) groups is 1. The van der Waals surface area contributed by atoms with E-state index in [-0.39, 0.29) is 5.69 Å². The molecule has 0 bridgehead atoms. The number of aromatic nitrogens is 4. The van der Waals surface area contributed by atoms with E-state index >= 15 is 0 Å². The van der Waals surface area contributed by atoms with E-state index in [4.69, 9.17) is 4.74 Å². The lowest BCUT2D eigenvalue weighted by Gasteiger charge is -2.18. The summed E-state index contributed by atoms with van der Waals surface area (Å²) in [6.07, 6.45) is 1.85. The fourth-order valence-corrected chi connectivity index (χ4v) is 4.15. The van der Waals surface area contributed by atoms with Crippen LogP contribution in [0.1, 0.15) is 23.8 Å². The van der Waals surface area contributed by atoms with Crippen molar-refractivity contribution in [2.75, 3.05) is 23.8 Å². The molecule has 3 aromatic rings. The molecule has 142 valence electrons. The molecule has 0 aliphatic carbocycles. The number of rotatable bonds is 3. The maximum absolute atomic E-state index is 12.3. The second-order valence-corrected chi connectivity index (χ2v) is 7.52. The number of imidazole rings is 1. The van der Waals surface area contributed by atoms with Crippen LogP contribution in [0.3, 0.4) is 0 Å². The van der Waals surface area contributed by atoms with Gasteiger partial charge in [0, 0.05) is 38.9 Å². The molecule has 0 unspecified atom stereocenters. The number of aryl methyl sites for hydroxylation is 2. The summed E-state index contributed by atoms with van der Waals surface area (Å²) in [7, 11) is 3.42. The fraction of sp³-hybridized carbons (Fsp3) is 0.412. The van der Waals surface area contributed by atoms with Crippen LogP contribution in [0, 0.1) is 0 Å². The van der Waals surface area contributed by atoms with E-state index in [0.717, 1.165) is 42.1 Å². The third kappa shape index (κ3) is 3.45. The van der Waals surface area contributed by atoms with Gasteiger partial charge in [0.1, 0.15) is 5.01 Å². The third-order valence-electron chi connectivity index (χ3n) is 4.76. The number of nitrogens with zero attached hydrogens (tertiary/aromatic N) is 4.